The second-order valence-corrected chi connectivity index (χ2v) is 4.94. The van der Waals surface area contributed by atoms with Gasteiger partial charge in [0, 0.05) is 18.6 Å². The predicted octanol–water partition coefficient (Wildman–Crippen LogP) is 1.82. The van der Waals surface area contributed by atoms with Gasteiger partial charge in [-0.1, -0.05) is 13.8 Å². The first-order chi connectivity index (χ1) is 8.68. The van der Waals surface area contributed by atoms with Gasteiger partial charge in [0.2, 0.25) is 0 Å². The standard InChI is InChI=1S/C11H17F3N4O/c1-10(2,6-19)5-16-8-3-7(11(12,13)14)4-9(17-8)18-15/h3-4,19H,5-6,15H2,1-2H3,(H2,16,17,18). The smallest absolute Gasteiger partial charge is 0.396 e. The van der Waals surface area contributed by atoms with Crippen molar-refractivity contribution in [1.82, 2.24) is 4.98 Å². The molecule has 0 aromatic carbocycles. The normalized spacial score (nSPS) is 12.4. The monoisotopic (exact) mass is 278 g/mol. The van der Waals surface area contributed by atoms with E-state index in [-0.39, 0.29) is 24.8 Å². The number of nitrogens with two attached hydrogens (primary N) is 1. The maximum atomic E-state index is 12.7. The van der Waals surface area contributed by atoms with Crippen molar-refractivity contribution in [3.63, 3.8) is 0 Å². The van der Waals surface area contributed by atoms with Crippen LogP contribution in [0.1, 0.15) is 19.4 Å². The molecule has 0 spiro atoms. The number of hydrogen-bond acceptors (Lipinski definition) is 5. The minimum absolute atomic E-state index is 0.0456. The Morgan fingerprint density at radius 1 is 1.26 bits per heavy atom. The van der Waals surface area contributed by atoms with Crippen LogP contribution in [0.5, 0.6) is 0 Å². The third kappa shape index (κ3) is 4.56. The summed E-state index contributed by atoms with van der Waals surface area (Å²) in [6.45, 7) is 3.73. The SMILES string of the molecule is CC(C)(CO)CNc1cc(C(F)(F)F)cc(NN)n1. The van der Waals surface area contributed by atoms with E-state index in [1.807, 2.05) is 0 Å². The number of nitrogen functional groups attached to an aromatic ring is 1. The van der Waals surface area contributed by atoms with Gasteiger partial charge in [-0.3, -0.25) is 0 Å². The van der Waals surface area contributed by atoms with E-state index in [9.17, 15) is 13.2 Å². The Bertz CT molecular complexity index is 434. The number of hydrogen-bond donors (Lipinski definition) is 4. The number of rotatable bonds is 5. The van der Waals surface area contributed by atoms with Gasteiger partial charge < -0.3 is 15.8 Å². The lowest BCUT2D eigenvalue weighted by Crippen LogP contribution is -2.27. The Hall–Kier alpha value is -1.54. The molecule has 0 saturated carbocycles. The molecular weight excluding hydrogens is 261 g/mol. The highest BCUT2D eigenvalue weighted by Gasteiger charge is 2.31. The van der Waals surface area contributed by atoms with Crippen LogP contribution >= 0.6 is 0 Å². The zero-order valence-corrected chi connectivity index (χ0v) is 10.7. The summed E-state index contributed by atoms with van der Waals surface area (Å²) in [6, 6.07) is 1.72. The van der Waals surface area contributed by atoms with E-state index in [4.69, 9.17) is 10.9 Å². The van der Waals surface area contributed by atoms with Crippen LogP contribution in [0.4, 0.5) is 24.8 Å². The van der Waals surface area contributed by atoms with Crippen LogP contribution in [0, 0.1) is 5.41 Å². The maximum Gasteiger partial charge on any atom is 0.416 e. The van der Waals surface area contributed by atoms with Gasteiger partial charge in [0.15, 0.2) is 0 Å². The third-order valence-corrected chi connectivity index (χ3v) is 2.48. The van der Waals surface area contributed by atoms with E-state index in [1.165, 1.54) is 0 Å². The molecule has 0 unspecified atom stereocenters. The fraction of sp³-hybridized carbons (Fsp3) is 0.545. The molecule has 0 fully saturated rings. The molecular formula is C11H17F3N4O. The van der Waals surface area contributed by atoms with Gasteiger partial charge in [0.1, 0.15) is 11.6 Å². The fourth-order valence-corrected chi connectivity index (χ4v) is 1.24. The van der Waals surface area contributed by atoms with Crippen molar-refractivity contribution in [3.8, 4) is 0 Å². The number of aliphatic hydroxyl groups excluding tert-OH is 1. The van der Waals surface area contributed by atoms with Crippen LogP contribution in [0.3, 0.4) is 0 Å². The highest BCUT2D eigenvalue weighted by atomic mass is 19.4. The Morgan fingerprint density at radius 3 is 2.32 bits per heavy atom. The minimum Gasteiger partial charge on any atom is -0.396 e. The Morgan fingerprint density at radius 2 is 1.84 bits per heavy atom. The molecule has 19 heavy (non-hydrogen) atoms. The third-order valence-electron chi connectivity index (χ3n) is 2.48. The molecule has 8 heteroatoms. The first kappa shape index (κ1) is 15.5. The molecule has 0 bridgehead atoms. The quantitative estimate of drug-likeness (QED) is 0.488. The van der Waals surface area contributed by atoms with Gasteiger partial charge in [0.25, 0.3) is 0 Å². The molecule has 108 valence electrons. The number of aliphatic hydroxyl groups is 1. The lowest BCUT2D eigenvalue weighted by Gasteiger charge is -2.22. The van der Waals surface area contributed by atoms with Crippen LogP contribution in [-0.2, 0) is 6.18 Å². The van der Waals surface area contributed by atoms with E-state index in [0.29, 0.717) is 0 Å². The number of nitrogens with one attached hydrogen (secondary N) is 2. The van der Waals surface area contributed by atoms with E-state index in [0.717, 1.165) is 12.1 Å². The summed E-state index contributed by atoms with van der Waals surface area (Å²) in [7, 11) is 0. The first-order valence-corrected chi connectivity index (χ1v) is 5.58. The second kappa shape index (κ2) is 5.62. The molecule has 1 aromatic heterocycles. The van der Waals surface area contributed by atoms with Gasteiger partial charge in [0.05, 0.1) is 5.56 Å². The summed E-state index contributed by atoms with van der Waals surface area (Å²) in [5.41, 5.74) is 0.777. The molecule has 0 amide bonds. The van der Waals surface area contributed by atoms with Crippen molar-refractivity contribution in [1.29, 1.82) is 0 Å². The molecule has 0 radical (unpaired) electrons. The molecule has 1 rings (SSSR count). The molecule has 0 aliphatic heterocycles. The van der Waals surface area contributed by atoms with E-state index < -0.39 is 17.2 Å². The highest BCUT2D eigenvalue weighted by Crippen LogP contribution is 2.32. The van der Waals surface area contributed by atoms with E-state index in [2.05, 4.69) is 15.7 Å². The van der Waals surface area contributed by atoms with E-state index >= 15 is 0 Å². The lowest BCUT2D eigenvalue weighted by molar-refractivity contribution is -0.137. The maximum absolute atomic E-state index is 12.7. The van der Waals surface area contributed by atoms with E-state index in [1.54, 1.807) is 13.8 Å². The summed E-state index contributed by atoms with van der Waals surface area (Å²) in [5, 5.41) is 11.8. The van der Waals surface area contributed by atoms with Gasteiger partial charge in [-0.15, -0.1) is 0 Å². The topological polar surface area (TPSA) is 83.2 Å². The Labute approximate surface area is 109 Å². The average Bonchev–Trinajstić information content (AvgIpc) is 2.35. The Balaban J connectivity index is 2.95. The molecule has 0 aliphatic carbocycles. The molecule has 5 N–H and O–H groups in total. The number of pyridine rings is 1. The van der Waals surface area contributed by atoms with Gasteiger partial charge in [-0.25, -0.2) is 10.8 Å². The molecule has 0 saturated heterocycles. The molecule has 0 aliphatic rings. The number of anilines is 2. The summed E-state index contributed by atoms with van der Waals surface area (Å²) in [4.78, 5) is 3.87. The zero-order valence-electron chi connectivity index (χ0n) is 10.7. The summed E-state index contributed by atoms with van der Waals surface area (Å²) in [6.07, 6.45) is -4.47. The number of nitrogens with zero attached hydrogens (tertiary/aromatic N) is 1. The summed E-state index contributed by atoms with van der Waals surface area (Å²) < 4.78 is 38.0. The van der Waals surface area contributed by atoms with Gasteiger partial charge in [-0.05, 0) is 12.1 Å². The fourth-order valence-electron chi connectivity index (χ4n) is 1.24. The number of halogens is 3. The summed E-state index contributed by atoms with van der Waals surface area (Å²) >= 11 is 0. The molecule has 1 aromatic rings. The highest BCUT2D eigenvalue weighted by molar-refractivity contribution is 5.49. The van der Waals surface area contributed by atoms with Crippen molar-refractivity contribution in [2.75, 3.05) is 23.9 Å². The van der Waals surface area contributed by atoms with Crippen LogP contribution in [0.15, 0.2) is 12.1 Å². The van der Waals surface area contributed by atoms with Crippen LogP contribution in [0.2, 0.25) is 0 Å². The van der Waals surface area contributed by atoms with Crippen LogP contribution in [0.25, 0.3) is 0 Å². The van der Waals surface area contributed by atoms with Gasteiger partial charge >= 0.3 is 6.18 Å². The average molecular weight is 278 g/mol. The van der Waals surface area contributed by atoms with Gasteiger partial charge in [-0.2, -0.15) is 13.2 Å². The zero-order chi connectivity index (χ0) is 14.7. The lowest BCUT2D eigenvalue weighted by atomic mass is 9.95. The van der Waals surface area contributed by atoms with Crippen molar-refractivity contribution < 1.29 is 18.3 Å². The van der Waals surface area contributed by atoms with Crippen LogP contribution in [-0.4, -0.2) is 23.2 Å². The van der Waals surface area contributed by atoms with Crippen molar-refractivity contribution >= 4 is 11.6 Å². The van der Waals surface area contributed by atoms with Crippen LogP contribution < -0.4 is 16.6 Å². The molecule has 5 nitrogen and oxygen atoms in total. The number of aromatic nitrogens is 1. The Kier molecular flexibility index (Phi) is 4.59. The second-order valence-electron chi connectivity index (χ2n) is 4.94. The van der Waals surface area contributed by atoms with Crippen molar-refractivity contribution in [2.45, 2.75) is 20.0 Å². The largest absolute Gasteiger partial charge is 0.416 e. The minimum atomic E-state index is -4.47. The first-order valence-electron chi connectivity index (χ1n) is 5.58. The predicted molar refractivity (Wildman–Crippen MR) is 66.4 cm³/mol. The van der Waals surface area contributed by atoms with Crippen molar-refractivity contribution in [2.24, 2.45) is 11.3 Å². The molecule has 1 heterocycles. The van der Waals surface area contributed by atoms with Crippen molar-refractivity contribution in [3.05, 3.63) is 17.7 Å². The number of hydrazine groups is 1. The molecule has 0 atom stereocenters. The summed E-state index contributed by atoms with van der Waals surface area (Å²) in [5.74, 6) is 5.05. The number of alkyl halides is 3.